The predicted molar refractivity (Wildman–Crippen MR) is 91.0 cm³/mol. The molecule has 0 saturated carbocycles. The van der Waals surface area contributed by atoms with E-state index in [4.69, 9.17) is 11.6 Å². The highest BCUT2D eigenvalue weighted by Gasteiger charge is 2.15. The summed E-state index contributed by atoms with van der Waals surface area (Å²) in [6.45, 7) is 4.27. The summed E-state index contributed by atoms with van der Waals surface area (Å²) in [6, 6.07) is 13.0. The Bertz CT molecular complexity index is 595. The Balaban J connectivity index is 2.49. The largest absolute Gasteiger partial charge is 0.309 e. The van der Waals surface area contributed by atoms with Gasteiger partial charge in [0, 0.05) is 3.57 Å². The fraction of sp³-hybridized carbons (Fsp3) is 0.250. The second kappa shape index (κ2) is 6.25. The van der Waals surface area contributed by atoms with Gasteiger partial charge in [-0.2, -0.15) is 0 Å². The number of hydrogen-bond donors (Lipinski definition) is 1. The number of rotatable bonds is 3. The number of aryl methyl sites for hydroxylation is 2. The first kappa shape index (κ1) is 14.8. The van der Waals surface area contributed by atoms with E-state index in [1.54, 1.807) is 0 Å². The van der Waals surface area contributed by atoms with Crippen molar-refractivity contribution in [2.24, 2.45) is 0 Å². The Morgan fingerprint density at radius 1 is 1.11 bits per heavy atom. The summed E-state index contributed by atoms with van der Waals surface area (Å²) in [6.07, 6.45) is 0. The maximum Gasteiger partial charge on any atom is 0.0577 e. The number of nitrogens with one attached hydrogen (secondary N) is 1. The molecule has 2 aromatic rings. The van der Waals surface area contributed by atoms with Crippen molar-refractivity contribution in [3.63, 3.8) is 0 Å². The first-order valence-electron chi connectivity index (χ1n) is 6.22. The minimum absolute atomic E-state index is 0.175. The fourth-order valence-electron chi connectivity index (χ4n) is 2.26. The molecule has 2 rings (SSSR count). The molecule has 0 heterocycles. The van der Waals surface area contributed by atoms with Gasteiger partial charge in [0.1, 0.15) is 0 Å². The Morgan fingerprint density at radius 2 is 1.84 bits per heavy atom. The molecule has 0 aliphatic carbocycles. The zero-order valence-corrected chi connectivity index (χ0v) is 14.2. The van der Waals surface area contributed by atoms with Crippen molar-refractivity contribution in [1.82, 2.24) is 5.32 Å². The van der Waals surface area contributed by atoms with Gasteiger partial charge in [-0.15, -0.1) is 0 Å². The van der Waals surface area contributed by atoms with Crippen LogP contribution < -0.4 is 5.32 Å². The topological polar surface area (TPSA) is 12.0 Å². The van der Waals surface area contributed by atoms with E-state index in [1.165, 1.54) is 22.3 Å². The lowest BCUT2D eigenvalue weighted by Gasteiger charge is -2.20. The summed E-state index contributed by atoms with van der Waals surface area (Å²) < 4.78 is 1.08. The van der Waals surface area contributed by atoms with Crippen LogP contribution in [-0.2, 0) is 0 Å². The van der Waals surface area contributed by atoms with Crippen molar-refractivity contribution in [3.05, 3.63) is 67.2 Å². The number of benzene rings is 2. The van der Waals surface area contributed by atoms with Gasteiger partial charge >= 0.3 is 0 Å². The molecule has 19 heavy (non-hydrogen) atoms. The summed E-state index contributed by atoms with van der Waals surface area (Å²) in [5.41, 5.74) is 5.07. The molecule has 0 aromatic heterocycles. The zero-order valence-electron chi connectivity index (χ0n) is 11.3. The van der Waals surface area contributed by atoms with Crippen LogP contribution in [0.1, 0.15) is 28.3 Å². The Labute approximate surface area is 133 Å². The smallest absolute Gasteiger partial charge is 0.0577 e. The van der Waals surface area contributed by atoms with E-state index in [0.717, 1.165) is 8.59 Å². The SMILES string of the molecule is CNC(c1ccc(I)c(Cl)c1)c1cc(C)ccc1C. The molecule has 1 N–H and O–H groups in total. The second-order valence-corrected chi connectivity index (χ2v) is 6.32. The van der Waals surface area contributed by atoms with E-state index in [1.807, 2.05) is 13.1 Å². The first-order chi connectivity index (χ1) is 9.02. The van der Waals surface area contributed by atoms with Crippen LogP contribution in [0.3, 0.4) is 0 Å². The quantitative estimate of drug-likeness (QED) is 0.743. The molecule has 0 aliphatic heterocycles. The third-order valence-corrected chi connectivity index (χ3v) is 4.88. The zero-order chi connectivity index (χ0) is 14.0. The van der Waals surface area contributed by atoms with Crippen LogP contribution in [0.15, 0.2) is 36.4 Å². The van der Waals surface area contributed by atoms with Gasteiger partial charge in [-0.25, -0.2) is 0 Å². The van der Waals surface area contributed by atoms with Crippen LogP contribution in [0, 0.1) is 17.4 Å². The van der Waals surface area contributed by atoms with Crippen LogP contribution in [0.5, 0.6) is 0 Å². The lowest BCUT2D eigenvalue weighted by atomic mass is 9.94. The maximum absolute atomic E-state index is 6.24. The number of halogens is 2. The van der Waals surface area contributed by atoms with Gasteiger partial charge in [0.25, 0.3) is 0 Å². The van der Waals surface area contributed by atoms with Crippen molar-refractivity contribution < 1.29 is 0 Å². The van der Waals surface area contributed by atoms with Gasteiger partial charge in [-0.3, -0.25) is 0 Å². The van der Waals surface area contributed by atoms with Crippen LogP contribution in [-0.4, -0.2) is 7.05 Å². The third-order valence-electron chi connectivity index (χ3n) is 3.31. The van der Waals surface area contributed by atoms with Gasteiger partial charge in [-0.1, -0.05) is 41.4 Å². The average Bonchev–Trinajstić information content (AvgIpc) is 2.38. The molecule has 100 valence electrons. The van der Waals surface area contributed by atoms with E-state index in [-0.39, 0.29) is 6.04 Å². The lowest BCUT2D eigenvalue weighted by Crippen LogP contribution is -2.19. The summed E-state index contributed by atoms with van der Waals surface area (Å²) in [5, 5.41) is 4.20. The molecule has 0 fully saturated rings. The van der Waals surface area contributed by atoms with Gasteiger partial charge < -0.3 is 5.32 Å². The first-order valence-corrected chi connectivity index (χ1v) is 7.68. The molecule has 2 aromatic carbocycles. The van der Waals surface area contributed by atoms with E-state index in [9.17, 15) is 0 Å². The fourth-order valence-corrected chi connectivity index (χ4v) is 2.79. The molecular formula is C16H17ClIN. The molecule has 1 unspecified atom stereocenters. The van der Waals surface area contributed by atoms with Gasteiger partial charge in [0.2, 0.25) is 0 Å². The molecule has 3 heteroatoms. The van der Waals surface area contributed by atoms with Crippen molar-refractivity contribution in [2.45, 2.75) is 19.9 Å². The molecule has 0 bridgehead atoms. The van der Waals surface area contributed by atoms with Crippen molar-refractivity contribution in [1.29, 1.82) is 0 Å². The Kier molecular flexibility index (Phi) is 4.87. The highest BCUT2D eigenvalue weighted by molar-refractivity contribution is 14.1. The summed E-state index contributed by atoms with van der Waals surface area (Å²) in [5.74, 6) is 0. The highest BCUT2D eigenvalue weighted by Crippen LogP contribution is 2.29. The van der Waals surface area contributed by atoms with Crippen molar-refractivity contribution in [2.75, 3.05) is 7.05 Å². The minimum atomic E-state index is 0.175. The Hall–Kier alpha value is -0.580. The normalized spacial score (nSPS) is 12.5. The van der Waals surface area contributed by atoms with Gasteiger partial charge in [-0.05, 0) is 72.3 Å². The van der Waals surface area contributed by atoms with E-state index in [2.05, 4.69) is 72.1 Å². The molecule has 0 saturated heterocycles. The highest BCUT2D eigenvalue weighted by atomic mass is 127. The minimum Gasteiger partial charge on any atom is -0.309 e. The van der Waals surface area contributed by atoms with E-state index < -0.39 is 0 Å². The lowest BCUT2D eigenvalue weighted by molar-refractivity contribution is 0.687. The molecule has 0 spiro atoms. The van der Waals surface area contributed by atoms with E-state index >= 15 is 0 Å². The monoisotopic (exact) mass is 385 g/mol. The molecular weight excluding hydrogens is 369 g/mol. The van der Waals surface area contributed by atoms with Crippen molar-refractivity contribution in [3.8, 4) is 0 Å². The summed E-state index contributed by atoms with van der Waals surface area (Å²) in [4.78, 5) is 0. The average molecular weight is 386 g/mol. The molecule has 0 aliphatic rings. The number of hydrogen-bond acceptors (Lipinski definition) is 1. The second-order valence-electron chi connectivity index (χ2n) is 4.76. The molecule has 1 nitrogen and oxygen atoms in total. The molecule has 0 amide bonds. The molecule has 1 atom stereocenters. The van der Waals surface area contributed by atoms with Crippen LogP contribution in [0.2, 0.25) is 5.02 Å². The van der Waals surface area contributed by atoms with Crippen LogP contribution in [0.25, 0.3) is 0 Å². The van der Waals surface area contributed by atoms with Gasteiger partial charge in [0.05, 0.1) is 11.1 Å². The van der Waals surface area contributed by atoms with Crippen molar-refractivity contribution >= 4 is 34.2 Å². The van der Waals surface area contributed by atoms with Gasteiger partial charge in [0.15, 0.2) is 0 Å². The van der Waals surface area contributed by atoms with Crippen LogP contribution >= 0.6 is 34.2 Å². The maximum atomic E-state index is 6.24. The summed E-state index contributed by atoms with van der Waals surface area (Å²) >= 11 is 8.49. The predicted octanol–water partition coefficient (Wildman–Crippen LogP) is 4.87. The standard InChI is InChI=1S/C16H17ClIN/c1-10-4-5-11(2)13(8-10)16(19-3)12-6-7-15(18)14(17)9-12/h4-9,16,19H,1-3H3. The van der Waals surface area contributed by atoms with E-state index in [0.29, 0.717) is 0 Å². The Morgan fingerprint density at radius 3 is 2.47 bits per heavy atom. The summed E-state index contributed by atoms with van der Waals surface area (Å²) in [7, 11) is 1.98. The molecule has 0 radical (unpaired) electrons. The third kappa shape index (κ3) is 3.30. The van der Waals surface area contributed by atoms with Crippen LogP contribution in [0.4, 0.5) is 0 Å².